The van der Waals surface area contributed by atoms with Gasteiger partial charge in [0, 0.05) is 18.8 Å². The zero-order chi connectivity index (χ0) is 16.7. The predicted molar refractivity (Wildman–Crippen MR) is 87.5 cm³/mol. The summed E-state index contributed by atoms with van der Waals surface area (Å²) in [5.41, 5.74) is 2.63. The van der Waals surface area contributed by atoms with E-state index in [1.54, 1.807) is 6.20 Å². The first kappa shape index (κ1) is 15.1. The van der Waals surface area contributed by atoms with Crippen molar-refractivity contribution in [2.24, 2.45) is 0 Å². The van der Waals surface area contributed by atoms with E-state index in [2.05, 4.69) is 35.1 Å². The fourth-order valence-corrected chi connectivity index (χ4v) is 3.48. The van der Waals surface area contributed by atoms with Gasteiger partial charge in [0.15, 0.2) is 0 Å². The molecule has 2 aliphatic rings. The number of anilines is 1. The molecule has 1 fully saturated rings. The number of pyridine rings is 1. The highest BCUT2D eigenvalue weighted by Crippen LogP contribution is 2.33. The maximum absolute atomic E-state index is 9.47. The van der Waals surface area contributed by atoms with Gasteiger partial charge in [-0.25, -0.2) is 9.67 Å². The molecule has 24 heavy (non-hydrogen) atoms. The Bertz CT molecular complexity index is 793. The van der Waals surface area contributed by atoms with E-state index < -0.39 is 0 Å². The summed E-state index contributed by atoms with van der Waals surface area (Å²) < 4.78 is 7.93. The van der Waals surface area contributed by atoms with Crippen molar-refractivity contribution < 1.29 is 4.74 Å². The van der Waals surface area contributed by atoms with E-state index in [1.165, 1.54) is 0 Å². The summed E-state index contributed by atoms with van der Waals surface area (Å²) in [7, 11) is 0. The fraction of sp³-hybridized carbons (Fsp3) is 0.529. The summed E-state index contributed by atoms with van der Waals surface area (Å²) in [6.45, 7) is 6.35. The van der Waals surface area contributed by atoms with Crippen LogP contribution in [0.15, 0.2) is 18.3 Å². The maximum atomic E-state index is 9.47. The zero-order valence-electron chi connectivity index (χ0n) is 13.9. The van der Waals surface area contributed by atoms with Crippen LogP contribution < -0.4 is 4.90 Å². The van der Waals surface area contributed by atoms with Gasteiger partial charge in [-0.05, 0) is 24.5 Å². The largest absolute Gasteiger partial charge is 0.370 e. The molecule has 2 aromatic rings. The van der Waals surface area contributed by atoms with E-state index in [0.717, 1.165) is 36.7 Å². The first-order valence-electron chi connectivity index (χ1n) is 8.34. The van der Waals surface area contributed by atoms with Crippen LogP contribution in [0.2, 0.25) is 0 Å². The highest BCUT2D eigenvalue weighted by molar-refractivity contribution is 5.55. The Hall–Kier alpha value is -2.46. The Morgan fingerprint density at radius 2 is 2.25 bits per heavy atom. The lowest BCUT2D eigenvalue weighted by molar-refractivity contribution is -0.0373. The molecule has 0 N–H and O–H groups in total. The van der Waals surface area contributed by atoms with E-state index in [-0.39, 0.29) is 12.1 Å². The third-order valence-electron chi connectivity index (χ3n) is 4.84. The Morgan fingerprint density at radius 1 is 1.38 bits per heavy atom. The Kier molecular flexibility index (Phi) is 3.69. The number of piperidine rings is 1. The van der Waals surface area contributed by atoms with Gasteiger partial charge in [-0.15, -0.1) is 5.10 Å². The van der Waals surface area contributed by atoms with Crippen molar-refractivity contribution in [3.63, 3.8) is 0 Å². The lowest BCUT2D eigenvalue weighted by Gasteiger charge is -2.41. The second-order valence-corrected chi connectivity index (χ2v) is 6.70. The molecular weight excluding hydrogens is 304 g/mol. The molecule has 124 valence electrons. The van der Waals surface area contributed by atoms with Crippen LogP contribution in [-0.4, -0.2) is 39.2 Å². The Morgan fingerprint density at radius 3 is 3.04 bits per heavy atom. The van der Waals surface area contributed by atoms with Gasteiger partial charge >= 0.3 is 0 Å². The maximum Gasteiger partial charge on any atom is 0.146 e. The predicted octanol–water partition coefficient (Wildman–Crippen LogP) is 2.02. The van der Waals surface area contributed by atoms with E-state index in [1.807, 2.05) is 16.8 Å². The number of fused-ring (bicyclic) bond motifs is 3. The summed E-state index contributed by atoms with van der Waals surface area (Å²) in [5, 5.41) is 17.7. The molecule has 4 heterocycles. The zero-order valence-corrected chi connectivity index (χ0v) is 13.9. The summed E-state index contributed by atoms with van der Waals surface area (Å²) in [6, 6.07) is 6.21. The van der Waals surface area contributed by atoms with Gasteiger partial charge in [-0.2, -0.15) is 5.26 Å². The van der Waals surface area contributed by atoms with Gasteiger partial charge in [0.25, 0.3) is 0 Å². The molecule has 4 rings (SSSR count). The van der Waals surface area contributed by atoms with Gasteiger partial charge in [0.05, 0.1) is 36.2 Å². The SMILES string of the molecule is CC(C)c1ccc(C#N)c(N2CC[C@@H]3OCc4cnnn4[C@H]3C2)n1. The average molecular weight is 324 g/mol. The van der Waals surface area contributed by atoms with Crippen molar-refractivity contribution in [1.82, 2.24) is 20.0 Å². The van der Waals surface area contributed by atoms with Crippen molar-refractivity contribution in [3.05, 3.63) is 35.3 Å². The molecule has 0 unspecified atom stereocenters. The number of ether oxygens (including phenoxy) is 1. The molecule has 2 aromatic heterocycles. The average Bonchev–Trinajstić information content (AvgIpc) is 3.09. The van der Waals surface area contributed by atoms with Gasteiger partial charge in [-0.3, -0.25) is 0 Å². The van der Waals surface area contributed by atoms with E-state index in [0.29, 0.717) is 18.1 Å². The molecule has 0 radical (unpaired) electrons. The van der Waals surface area contributed by atoms with E-state index >= 15 is 0 Å². The molecule has 7 heteroatoms. The Labute approximate surface area is 140 Å². The number of nitrogens with zero attached hydrogens (tertiary/aromatic N) is 6. The van der Waals surface area contributed by atoms with Crippen LogP contribution in [0.25, 0.3) is 0 Å². The molecule has 0 amide bonds. The van der Waals surface area contributed by atoms with Crippen LogP contribution in [0.1, 0.15) is 49.2 Å². The summed E-state index contributed by atoms with van der Waals surface area (Å²) >= 11 is 0. The molecule has 0 bridgehead atoms. The molecule has 0 aliphatic carbocycles. The number of hydrogen-bond donors (Lipinski definition) is 0. The molecule has 0 aromatic carbocycles. The van der Waals surface area contributed by atoms with E-state index in [4.69, 9.17) is 9.72 Å². The monoisotopic (exact) mass is 324 g/mol. The van der Waals surface area contributed by atoms with Crippen molar-refractivity contribution >= 4 is 5.82 Å². The molecule has 2 aliphatic heterocycles. The lowest BCUT2D eigenvalue weighted by atomic mass is 9.99. The summed E-state index contributed by atoms with van der Waals surface area (Å²) in [5.74, 6) is 1.10. The molecule has 1 saturated heterocycles. The van der Waals surface area contributed by atoms with Crippen LogP contribution in [0.4, 0.5) is 5.82 Å². The highest BCUT2D eigenvalue weighted by atomic mass is 16.5. The van der Waals surface area contributed by atoms with Crippen molar-refractivity contribution in [1.29, 1.82) is 5.26 Å². The number of rotatable bonds is 2. The van der Waals surface area contributed by atoms with Crippen LogP contribution >= 0.6 is 0 Å². The van der Waals surface area contributed by atoms with Crippen LogP contribution in [0.3, 0.4) is 0 Å². The highest BCUT2D eigenvalue weighted by Gasteiger charge is 2.37. The van der Waals surface area contributed by atoms with Crippen LogP contribution in [0.5, 0.6) is 0 Å². The second kappa shape index (κ2) is 5.87. The molecular formula is C17H20N6O. The van der Waals surface area contributed by atoms with Crippen LogP contribution in [-0.2, 0) is 11.3 Å². The third kappa shape index (κ3) is 2.43. The minimum Gasteiger partial charge on any atom is -0.370 e. The quantitative estimate of drug-likeness (QED) is 0.841. The molecule has 2 atom stereocenters. The smallest absolute Gasteiger partial charge is 0.146 e. The first-order chi connectivity index (χ1) is 11.7. The number of hydrogen-bond acceptors (Lipinski definition) is 6. The first-order valence-corrected chi connectivity index (χ1v) is 8.34. The topological polar surface area (TPSA) is 79.9 Å². The number of aromatic nitrogens is 4. The summed E-state index contributed by atoms with van der Waals surface area (Å²) in [4.78, 5) is 6.95. The van der Waals surface area contributed by atoms with Gasteiger partial charge in [0.1, 0.15) is 11.9 Å². The molecule has 0 saturated carbocycles. The van der Waals surface area contributed by atoms with Crippen LogP contribution in [0, 0.1) is 11.3 Å². The standard InChI is InChI=1S/C17H20N6O/c1-11(2)14-4-3-12(7-18)17(20-14)22-6-5-16-15(9-22)23-13(10-24-16)8-19-21-23/h3-4,8,11,15-16H,5-6,9-10H2,1-2H3/t15-,16-/m0/s1. The third-order valence-corrected chi connectivity index (χ3v) is 4.84. The van der Waals surface area contributed by atoms with Gasteiger partial charge < -0.3 is 9.64 Å². The fourth-order valence-electron chi connectivity index (χ4n) is 3.48. The van der Waals surface area contributed by atoms with Gasteiger partial charge in [-0.1, -0.05) is 19.1 Å². The van der Waals surface area contributed by atoms with Gasteiger partial charge in [0.2, 0.25) is 0 Å². The van der Waals surface area contributed by atoms with E-state index in [9.17, 15) is 5.26 Å². The summed E-state index contributed by atoms with van der Waals surface area (Å²) in [6.07, 6.45) is 2.80. The minimum atomic E-state index is 0.112. The van der Waals surface area contributed by atoms with Crippen molar-refractivity contribution in [2.45, 2.75) is 44.9 Å². The minimum absolute atomic E-state index is 0.112. The lowest BCUT2D eigenvalue weighted by Crippen LogP contribution is -2.48. The molecule has 7 nitrogen and oxygen atoms in total. The second-order valence-electron chi connectivity index (χ2n) is 6.70. The van der Waals surface area contributed by atoms with Crippen molar-refractivity contribution in [2.75, 3.05) is 18.0 Å². The van der Waals surface area contributed by atoms with Crippen molar-refractivity contribution in [3.8, 4) is 6.07 Å². The molecule has 0 spiro atoms. The Balaban J connectivity index is 1.67. The normalized spacial score (nSPS) is 22.8. The number of nitriles is 1.